The number of hydrogen-bond donors (Lipinski definition) is 1. The highest BCUT2D eigenvalue weighted by atomic mass is 16.6. The summed E-state index contributed by atoms with van der Waals surface area (Å²) in [4.78, 5) is 70.0. The molecule has 1 amide bonds. The number of imidazole rings is 1. The second kappa shape index (κ2) is 12.0. The number of fused-ring (bicyclic) bond motifs is 1. The number of carbonyl (C=O) groups is 2. The molecule has 3 heterocycles. The summed E-state index contributed by atoms with van der Waals surface area (Å²) in [5, 5.41) is 14.4. The molecule has 0 bridgehead atoms. The van der Waals surface area contributed by atoms with Gasteiger partial charge in [-0.3, -0.25) is 28.8 Å². The number of para-hydroxylation sites is 1. The van der Waals surface area contributed by atoms with Crippen molar-refractivity contribution < 1.29 is 19.2 Å². The Morgan fingerprint density at radius 1 is 1.21 bits per heavy atom. The number of aryl methyl sites for hydroxylation is 1. The second-order valence-corrected chi connectivity index (χ2v) is 11.1. The zero-order valence-corrected chi connectivity index (χ0v) is 24.3. The van der Waals surface area contributed by atoms with E-state index in [1.54, 1.807) is 25.3 Å². The Balaban J connectivity index is 1.75. The van der Waals surface area contributed by atoms with Crippen LogP contribution in [0.2, 0.25) is 0 Å². The lowest BCUT2D eigenvalue weighted by Crippen LogP contribution is -2.49. The molecule has 14 nitrogen and oxygen atoms in total. The molecular weight excluding hydrogens is 546 g/mol. The van der Waals surface area contributed by atoms with Gasteiger partial charge in [0, 0.05) is 38.8 Å². The standard InChI is InChI=1S/C28H35N7O7/c1-6-7-15-33-22-23(30-25(33)32-14-10-11-18(16-32)29-26(38)42-28(2,3)4)31(5)27(39)34(24(22)37)17-21(36)19-12-8-9-13-20(19)35(40)41/h6-9,12-13,18H,10-11,14-17H2,1-5H3,(H,29,38)/t18-/m0/s1. The Kier molecular flexibility index (Phi) is 8.64. The molecule has 224 valence electrons. The highest BCUT2D eigenvalue weighted by Gasteiger charge is 2.29. The van der Waals surface area contributed by atoms with Crippen LogP contribution in [-0.4, -0.2) is 60.2 Å². The third-order valence-corrected chi connectivity index (χ3v) is 6.86. The van der Waals surface area contributed by atoms with Crippen LogP contribution >= 0.6 is 0 Å². The van der Waals surface area contributed by atoms with Crippen LogP contribution in [0.15, 0.2) is 46.0 Å². The molecule has 1 fully saturated rings. The second-order valence-electron chi connectivity index (χ2n) is 11.1. The Hall–Kier alpha value is -4.75. The predicted octanol–water partition coefficient (Wildman–Crippen LogP) is 2.76. The van der Waals surface area contributed by atoms with Crippen molar-refractivity contribution in [1.82, 2.24) is 24.0 Å². The number of nitro benzene ring substituents is 1. The van der Waals surface area contributed by atoms with Gasteiger partial charge in [0.1, 0.15) is 5.60 Å². The minimum absolute atomic E-state index is 0.114. The van der Waals surface area contributed by atoms with Crippen LogP contribution in [-0.2, 0) is 24.9 Å². The smallest absolute Gasteiger partial charge is 0.407 e. The number of rotatable bonds is 8. The molecule has 1 aliphatic heterocycles. The lowest BCUT2D eigenvalue weighted by Gasteiger charge is -2.34. The van der Waals surface area contributed by atoms with Crippen molar-refractivity contribution in [3.8, 4) is 0 Å². The summed E-state index contributed by atoms with van der Waals surface area (Å²) in [6.45, 7) is 7.77. The molecule has 0 aliphatic carbocycles. The van der Waals surface area contributed by atoms with Gasteiger partial charge in [-0.1, -0.05) is 24.3 Å². The number of piperidine rings is 1. The molecule has 1 saturated heterocycles. The number of aromatic nitrogens is 4. The van der Waals surface area contributed by atoms with Crippen molar-refractivity contribution >= 4 is 34.7 Å². The number of nitrogens with one attached hydrogen (secondary N) is 1. The molecule has 0 spiro atoms. The van der Waals surface area contributed by atoms with Crippen LogP contribution in [0.25, 0.3) is 11.2 Å². The van der Waals surface area contributed by atoms with Gasteiger partial charge < -0.3 is 19.5 Å². The van der Waals surface area contributed by atoms with E-state index >= 15 is 0 Å². The topological polar surface area (TPSA) is 164 Å². The fourth-order valence-electron chi connectivity index (χ4n) is 4.97. The fraction of sp³-hybridized carbons (Fsp3) is 0.464. The van der Waals surface area contributed by atoms with E-state index in [0.717, 1.165) is 17.4 Å². The Labute approximate surface area is 241 Å². The van der Waals surface area contributed by atoms with Crippen molar-refractivity contribution in [2.75, 3.05) is 18.0 Å². The molecule has 1 atom stereocenters. The summed E-state index contributed by atoms with van der Waals surface area (Å²) in [5.41, 5.74) is -2.50. The first-order valence-corrected chi connectivity index (χ1v) is 13.6. The van der Waals surface area contributed by atoms with Crippen LogP contribution in [0.3, 0.4) is 0 Å². The number of ether oxygens (including phenoxy) is 1. The lowest BCUT2D eigenvalue weighted by molar-refractivity contribution is -0.385. The minimum Gasteiger partial charge on any atom is -0.444 e. The molecule has 3 aromatic rings. The number of benzene rings is 1. The molecule has 1 aliphatic rings. The number of alkyl carbamates (subject to hydrolysis) is 1. The monoisotopic (exact) mass is 581 g/mol. The number of allylic oxidation sites excluding steroid dienone is 2. The number of anilines is 1. The normalized spacial score (nSPS) is 15.7. The zero-order valence-electron chi connectivity index (χ0n) is 24.3. The third-order valence-electron chi connectivity index (χ3n) is 6.86. The number of hydrogen-bond acceptors (Lipinski definition) is 9. The van der Waals surface area contributed by atoms with E-state index in [4.69, 9.17) is 4.74 Å². The van der Waals surface area contributed by atoms with E-state index in [2.05, 4.69) is 10.3 Å². The van der Waals surface area contributed by atoms with E-state index in [9.17, 15) is 29.3 Å². The van der Waals surface area contributed by atoms with E-state index in [1.165, 1.54) is 35.9 Å². The van der Waals surface area contributed by atoms with Gasteiger partial charge in [0.25, 0.3) is 11.2 Å². The van der Waals surface area contributed by atoms with Crippen molar-refractivity contribution in [3.63, 3.8) is 0 Å². The SMILES string of the molecule is CC=CCn1c(N2CCC[C@H](NC(=O)OC(C)(C)C)C2)nc2c1c(=O)n(CC(=O)c1ccccc1[N+](=O)[O-])c(=O)n2C. The molecule has 4 rings (SSSR count). The molecule has 1 N–H and O–H groups in total. The number of nitro groups is 1. The first kappa shape index (κ1) is 30.2. The summed E-state index contributed by atoms with van der Waals surface area (Å²) in [5.74, 6) is -0.304. The van der Waals surface area contributed by atoms with Crippen LogP contribution in [0.1, 0.15) is 50.9 Å². The van der Waals surface area contributed by atoms with Crippen LogP contribution < -0.4 is 21.5 Å². The van der Waals surface area contributed by atoms with Gasteiger partial charge in [0.15, 0.2) is 16.9 Å². The summed E-state index contributed by atoms with van der Waals surface area (Å²) in [6, 6.07) is 5.16. The first-order valence-electron chi connectivity index (χ1n) is 13.6. The highest BCUT2D eigenvalue weighted by Crippen LogP contribution is 2.24. The van der Waals surface area contributed by atoms with Crippen LogP contribution in [0.5, 0.6) is 0 Å². The van der Waals surface area contributed by atoms with E-state index in [-0.39, 0.29) is 29.3 Å². The maximum Gasteiger partial charge on any atom is 0.407 e. The maximum atomic E-state index is 13.8. The van der Waals surface area contributed by atoms with E-state index < -0.39 is 45.9 Å². The fourth-order valence-corrected chi connectivity index (χ4v) is 4.97. The van der Waals surface area contributed by atoms with Gasteiger partial charge in [-0.2, -0.15) is 4.98 Å². The quantitative estimate of drug-likeness (QED) is 0.182. The number of carbonyl (C=O) groups excluding carboxylic acids is 2. The Morgan fingerprint density at radius 2 is 1.93 bits per heavy atom. The molecule has 14 heteroatoms. The van der Waals surface area contributed by atoms with Gasteiger partial charge in [0.2, 0.25) is 5.95 Å². The van der Waals surface area contributed by atoms with Crippen LogP contribution in [0.4, 0.5) is 16.4 Å². The highest BCUT2D eigenvalue weighted by molar-refractivity contribution is 5.99. The number of ketones is 1. The van der Waals surface area contributed by atoms with Crippen molar-refractivity contribution in [2.24, 2.45) is 7.05 Å². The van der Waals surface area contributed by atoms with Gasteiger partial charge in [0.05, 0.1) is 17.0 Å². The maximum absolute atomic E-state index is 13.8. The lowest BCUT2D eigenvalue weighted by atomic mass is 10.1. The van der Waals surface area contributed by atoms with Crippen LogP contribution in [0, 0.1) is 10.1 Å². The summed E-state index contributed by atoms with van der Waals surface area (Å²) < 4.78 is 9.06. The minimum atomic E-state index is -0.773. The molecule has 0 saturated carbocycles. The third kappa shape index (κ3) is 6.26. The molecule has 0 radical (unpaired) electrons. The van der Waals surface area contributed by atoms with Crippen molar-refractivity contribution in [3.05, 3.63) is 72.9 Å². The predicted molar refractivity (Wildman–Crippen MR) is 156 cm³/mol. The largest absolute Gasteiger partial charge is 0.444 e. The molecule has 42 heavy (non-hydrogen) atoms. The van der Waals surface area contributed by atoms with Gasteiger partial charge in [-0.05, 0) is 46.6 Å². The molecule has 1 aromatic carbocycles. The number of Topliss-reactive ketones (excluding diaryl/α,β-unsaturated/α-hetero) is 1. The summed E-state index contributed by atoms with van der Waals surface area (Å²) in [6.07, 6.45) is 4.59. The van der Waals surface area contributed by atoms with Crippen molar-refractivity contribution in [1.29, 1.82) is 0 Å². The molecule has 2 aromatic heterocycles. The summed E-state index contributed by atoms with van der Waals surface area (Å²) in [7, 11) is 1.45. The van der Waals surface area contributed by atoms with E-state index in [0.29, 0.717) is 19.0 Å². The average molecular weight is 582 g/mol. The Morgan fingerprint density at radius 3 is 2.60 bits per heavy atom. The van der Waals surface area contributed by atoms with Gasteiger partial charge in [-0.15, -0.1) is 0 Å². The zero-order chi connectivity index (χ0) is 30.8. The first-order chi connectivity index (χ1) is 19.8. The number of amides is 1. The number of nitrogens with zero attached hydrogens (tertiary/aromatic N) is 6. The van der Waals surface area contributed by atoms with Gasteiger partial charge >= 0.3 is 11.8 Å². The molecular formula is C28H35N7O7. The summed E-state index contributed by atoms with van der Waals surface area (Å²) >= 11 is 0. The van der Waals surface area contributed by atoms with E-state index in [1.807, 2.05) is 24.0 Å². The van der Waals surface area contributed by atoms with Crippen molar-refractivity contribution in [2.45, 2.75) is 65.3 Å². The Bertz CT molecular complexity index is 1680. The molecule has 0 unspecified atom stereocenters. The average Bonchev–Trinajstić information content (AvgIpc) is 3.31. The van der Waals surface area contributed by atoms with Gasteiger partial charge in [-0.25, -0.2) is 9.59 Å².